The molecule has 1 aromatic carbocycles. The van der Waals surface area contributed by atoms with E-state index in [-0.39, 0.29) is 5.91 Å². The Morgan fingerprint density at radius 2 is 2.13 bits per heavy atom. The molecule has 0 aliphatic carbocycles. The number of benzene rings is 1. The van der Waals surface area contributed by atoms with Crippen molar-refractivity contribution in [3.63, 3.8) is 0 Å². The van der Waals surface area contributed by atoms with Crippen LogP contribution < -0.4 is 5.73 Å². The van der Waals surface area contributed by atoms with Crippen LogP contribution in [0.15, 0.2) is 42.7 Å². The third kappa shape index (κ3) is 2.95. The molecule has 7 nitrogen and oxygen atoms in total. The zero-order chi connectivity index (χ0) is 21.1. The van der Waals surface area contributed by atoms with Crippen LogP contribution >= 0.6 is 0 Å². The van der Waals surface area contributed by atoms with E-state index in [4.69, 9.17) is 15.8 Å². The molecule has 2 aliphatic heterocycles. The Morgan fingerprint density at radius 3 is 3.00 bits per heavy atom. The molecule has 0 radical (unpaired) electrons. The first-order chi connectivity index (χ1) is 15.1. The Kier molecular flexibility index (Phi) is 4.14. The second-order valence-electron chi connectivity index (χ2n) is 8.92. The number of fused-ring (bicyclic) bond motifs is 7. The maximum atomic E-state index is 11.3. The molecule has 7 heteroatoms. The summed E-state index contributed by atoms with van der Waals surface area (Å²) >= 11 is 0. The van der Waals surface area contributed by atoms with Crippen molar-refractivity contribution in [3.05, 3.63) is 65.2 Å². The van der Waals surface area contributed by atoms with E-state index in [9.17, 15) is 4.79 Å². The van der Waals surface area contributed by atoms with Gasteiger partial charge in [-0.2, -0.15) is 5.10 Å². The number of aromatic nitrogens is 4. The zero-order valence-corrected chi connectivity index (χ0v) is 17.7. The first kappa shape index (κ1) is 18.6. The normalized spacial score (nSPS) is 20.5. The highest BCUT2D eigenvalue weighted by atomic mass is 16.1. The van der Waals surface area contributed by atoms with E-state index in [1.165, 1.54) is 34.1 Å². The number of nitrogens with zero attached hydrogens (tertiary/aromatic N) is 5. The smallest absolute Gasteiger partial charge is 0.219 e. The van der Waals surface area contributed by atoms with Crippen LogP contribution in [0.2, 0.25) is 0 Å². The van der Waals surface area contributed by atoms with Gasteiger partial charge in [0.2, 0.25) is 5.91 Å². The third-order valence-electron chi connectivity index (χ3n) is 6.99. The molecule has 6 rings (SSSR count). The molecule has 2 unspecified atom stereocenters. The van der Waals surface area contributed by atoms with E-state index in [0.29, 0.717) is 25.0 Å². The average molecular weight is 415 g/mol. The molecule has 1 fully saturated rings. The fourth-order valence-corrected chi connectivity index (χ4v) is 5.61. The third-order valence-corrected chi connectivity index (χ3v) is 6.99. The van der Waals surface area contributed by atoms with Crippen molar-refractivity contribution in [2.75, 3.05) is 0 Å². The van der Waals surface area contributed by atoms with Crippen LogP contribution in [0.25, 0.3) is 16.6 Å². The Balaban J connectivity index is 1.36. The largest absolute Gasteiger partial charge is 0.370 e. The van der Waals surface area contributed by atoms with Gasteiger partial charge in [-0.05, 0) is 31.4 Å². The van der Waals surface area contributed by atoms with Crippen LogP contribution in [0.4, 0.5) is 0 Å². The molecule has 5 heterocycles. The molecule has 3 aromatic heterocycles. The summed E-state index contributed by atoms with van der Waals surface area (Å²) in [7, 11) is 0. The number of para-hydroxylation sites is 1. The van der Waals surface area contributed by atoms with E-state index in [0.717, 1.165) is 30.7 Å². The van der Waals surface area contributed by atoms with Crippen molar-refractivity contribution < 1.29 is 4.79 Å². The van der Waals surface area contributed by atoms with Crippen LogP contribution in [0.5, 0.6) is 0 Å². The molecule has 0 spiro atoms. The number of nitrogens with two attached hydrogens (primary N) is 1. The highest BCUT2D eigenvalue weighted by molar-refractivity contribution is 5.84. The number of rotatable bonds is 5. The summed E-state index contributed by atoms with van der Waals surface area (Å²) in [6.45, 7) is 3.54. The van der Waals surface area contributed by atoms with Gasteiger partial charge in [0.1, 0.15) is 0 Å². The number of aryl methyl sites for hydroxylation is 2. The van der Waals surface area contributed by atoms with Crippen molar-refractivity contribution in [1.82, 2.24) is 24.1 Å². The number of carbonyl (C=O) groups is 1. The minimum absolute atomic E-state index is 0.266. The zero-order valence-electron chi connectivity index (χ0n) is 17.7. The van der Waals surface area contributed by atoms with Crippen LogP contribution in [0, 0.1) is 6.92 Å². The lowest BCUT2D eigenvalue weighted by atomic mass is 9.98. The lowest BCUT2D eigenvalue weighted by molar-refractivity contribution is -0.118. The van der Waals surface area contributed by atoms with Crippen LogP contribution in [-0.4, -0.2) is 36.0 Å². The number of hydrogen-bond donors (Lipinski definition) is 1. The lowest BCUT2D eigenvalue weighted by Gasteiger charge is -2.36. The minimum Gasteiger partial charge on any atom is -0.370 e. The van der Waals surface area contributed by atoms with Gasteiger partial charge in [-0.25, -0.2) is 9.50 Å². The van der Waals surface area contributed by atoms with Gasteiger partial charge in [0.05, 0.1) is 11.4 Å². The van der Waals surface area contributed by atoms with Gasteiger partial charge in [-0.15, -0.1) is 0 Å². The van der Waals surface area contributed by atoms with Gasteiger partial charge in [0.15, 0.2) is 5.65 Å². The molecule has 31 heavy (non-hydrogen) atoms. The predicted molar refractivity (Wildman–Crippen MR) is 118 cm³/mol. The van der Waals surface area contributed by atoms with Gasteiger partial charge in [0.25, 0.3) is 0 Å². The van der Waals surface area contributed by atoms with E-state index >= 15 is 0 Å². The van der Waals surface area contributed by atoms with Crippen LogP contribution in [0.3, 0.4) is 0 Å². The quantitative estimate of drug-likeness (QED) is 0.544. The van der Waals surface area contributed by atoms with Crippen molar-refractivity contribution >= 4 is 22.5 Å². The first-order valence-electron chi connectivity index (χ1n) is 11.0. The van der Waals surface area contributed by atoms with Gasteiger partial charge in [-0.3, -0.25) is 9.69 Å². The lowest BCUT2D eigenvalue weighted by Crippen LogP contribution is -2.38. The second kappa shape index (κ2) is 6.92. The van der Waals surface area contributed by atoms with Crippen molar-refractivity contribution in [3.8, 4) is 0 Å². The minimum atomic E-state index is -0.266. The van der Waals surface area contributed by atoms with Gasteiger partial charge in [-0.1, -0.05) is 18.2 Å². The Hall–Kier alpha value is -3.19. The molecule has 2 bridgehead atoms. The van der Waals surface area contributed by atoms with E-state index in [2.05, 4.69) is 56.7 Å². The van der Waals surface area contributed by atoms with Crippen molar-refractivity contribution in [1.29, 1.82) is 0 Å². The van der Waals surface area contributed by atoms with E-state index in [1.54, 1.807) is 0 Å². The molecule has 0 saturated carbocycles. The second-order valence-corrected chi connectivity index (χ2v) is 8.92. The van der Waals surface area contributed by atoms with Crippen LogP contribution in [0.1, 0.15) is 47.8 Å². The summed E-state index contributed by atoms with van der Waals surface area (Å²) in [5, 5.41) is 5.96. The SMILES string of the molecule is Cc1cc2ncc3c(n2n1)CC1CCC3N1Cc1cn(CCC(N)=O)c2ccccc12. The number of primary amides is 1. The summed E-state index contributed by atoms with van der Waals surface area (Å²) in [5.41, 5.74) is 12.5. The first-order valence-corrected chi connectivity index (χ1v) is 11.0. The summed E-state index contributed by atoms with van der Waals surface area (Å²) in [4.78, 5) is 18.7. The van der Waals surface area contributed by atoms with E-state index in [1.807, 2.05) is 6.92 Å². The van der Waals surface area contributed by atoms with Crippen molar-refractivity contribution in [2.45, 2.75) is 57.8 Å². The van der Waals surface area contributed by atoms with Gasteiger partial charge >= 0.3 is 0 Å². The monoisotopic (exact) mass is 414 g/mol. The number of carbonyl (C=O) groups excluding carboxylic acids is 1. The summed E-state index contributed by atoms with van der Waals surface area (Å²) in [6.07, 6.45) is 7.99. The Morgan fingerprint density at radius 1 is 1.26 bits per heavy atom. The highest BCUT2D eigenvalue weighted by Crippen LogP contribution is 2.44. The average Bonchev–Trinajstić information content (AvgIpc) is 3.39. The van der Waals surface area contributed by atoms with E-state index < -0.39 is 0 Å². The molecule has 2 aliphatic rings. The molecular formula is C24H26N6O. The van der Waals surface area contributed by atoms with Crippen LogP contribution in [-0.2, 0) is 24.3 Å². The van der Waals surface area contributed by atoms with Gasteiger partial charge < -0.3 is 10.3 Å². The summed E-state index contributed by atoms with van der Waals surface area (Å²) < 4.78 is 4.23. The Bertz CT molecular complexity index is 1320. The molecular weight excluding hydrogens is 388 g/mol. The maximum absolute atomic E-state index is 11.3. The molecule has 158 valence electrons. The highest BCUT2D eigenvalue weighted by Gasteiger charge is 2.41. The summed E-state index contributed by atoms with van der Waals surface area (Å²) in [5.74, 6) is -0.266. The molecule has 1 saturated heterocycles. The topological polar surface area (TPSA) is 81.4 Å². The standard InChI is InChI=1S/C24H26N6O/c1-15-10-24-26-12-19-21-7-6-17(11-22(19)30(24)27-15)29(21)14-16-13-28(9-8-23(25)31)20-5-3-2-4-18(16)20/h2-5,10,12-13,17,21H,6-9,11,14H2,1H3,(H2,25,31). The summed E-state index contributed by atoms with van der Waals surface area (Å²) in [6, 6.07) is 11.4. The Labute approximate surface area is 180 Å². The molecule has 2 N–H and O–H groups in total. The maximum Gasteiger partial charge on any atom is 0.219 e. The van der Waals surface area contributed by atoms with Gasteiger partial charge in [0, 0.05) is 72.9 Å². The molecule has 4 aromatic rings. The fraction of sp³-hybridized carbons (Fsp3) is 0.375. The van der Waals surface area contributed by atoms with Crippen molar-refractivity contribution in [2.24, 2.45) is 5.73 Å². The predicted octanol–water partition coefficient (Wildman–Crippen LogP) is 3.13. The fourth-order valence-electron chi connectivity index (χ4n) is 5.61. The number of hydrogen-bond acceptors (Lipinski definition) is 4. The molecule has 1 amide bonds. The molecule has 2 atom stereocenters. The number of amides is 1.